The predicted octanol–water partition coefficient (Wildman–Crippen LogP) is 5.83. The third-order valence-electron chi connectivity index (χ3n) is 5.57. The molecule has 3 aromatic carbocycles. The molecule has 1 heterocycles. The second-order valence-corrected chi connectivity index (χ2v) is 9.70. The predicted molar refractivity (Wildman–Crippen MR) is 143 cm³/mol. The molecular weight excluding hydrogens is 532 g/mol. The van der Waals surface area contributed by atoms with Crippen LogP contribution >= 0.6 is 23.4 Å². The van der Waals surface area contributed by atoms with Gasteiger partial charge < -0.3 is 5.32 Å². The highest BCUT2D eigenvalue weighted by molar-refractivity contribution is 7.98. The second kappa shape index (κ2) is 11.4. The molecule has 11 nitrogen and oxygen atoms in total. The fourth-order valence-corrected chi connectivity index (χ4v) is 4.80. The molecule has 0 aliphatic rings. The summed E-state index contributed by atoms with van der Waals surface area (Å²) in [7, 11) is 0. The Kier molecular flexibility index (Phi) is 8.03. The number of hydrogen-bond acceptors (Lipinski definition) is 8. The van der Waals surface area contributed by atoms with E-state index in [1.165, 1.54) is 36.0 Å². The third-order valence-corrected chi connectivity index (χ3v) is 6.89. The van der Waals surface area contributed by atoms with Gasteiger partial charge in [-0.15, -0.1) is 10.2 Å². The molecule has 4 aromatic rings. The minimum Gasteiger partial charge on any atom is -0.342 e. The lowest BCUT2D eigenvalue weighted by Crippen LogP contribution is -2.28. The van der Waals surface area contributed by atoms with E-state index in [1.54, 1.807) is 23.6 Å². The molecule has 1 atom stereocenters. The monoisotopic (exact) mass is 552 g/mol. The lowest BCUT2D eigenvalue weighted by molar-refractivity contribution is -0.385. The number of carbonyl (C=O) groups is 1. The van der Waals surface area contributed by atoms with Gasteiger partial charge in [0.25, 0.3) is 17.3 Å². The van der Waals surface area contributed by atoms with Gasteiger partial charge in [-0.05, 0) is 43.7 Å². The van der Waals surface area contributed by atoms with Crippen LogP contribution in [0.4, 0.5) is 11.4 Å². The number of non-ortho nitro benzene ring substituents is 1. The molecule has 1 amide bonds. The highest BCUT2D eigenvalue weighted by Crippen LogP contribution is 2.29. The van der Waals surface area contributed by atoms with Crippen LogP contribution in [-0.4, -0.2) is 30.5 Å². The number of carbonyl (C=O) groups excluding carboxylic acids is 1. The molecule has 1 aromatic heterocycles. The van der Waals surface area contributed by atoms with E-state index >= 15 is 0 Å². The topological polar surface area (TPSA) is 146 Å². The number of thioether (sulfide) groups is 1. The van der Waals surface area contributed by atoms with Gasteiger partial charge >= 0.3 is 0 Å². The van der Waals surface area contributed by atoms with Gasteiger partial charge in [0.1, 0.15) is 5.02 Å². The van der Waals surface area contributed by atoms with E-state index in [-0.39, 0.29) is 22.0 Å². The summed E-state index contributed by atoms with van der Waals surface area (Å²) in [6.45, 7) is 3.70. The summed E-state index contributed by atoms with van der Waals surface area (Å²) in [6.07, 6.45) is 0. The lowest BCUT2D eigenvalue weighted by atomic mass is 10.1. The SMILES string of the molecule is Cc1cccc(CSc2nnc(C(C)NC(=O)c3ccc(Cl)c([N+](=O)[O-])c3)n2-c2ccc([N+](=O)[O-])cc2)c1. The number of hydrogen-bond donors (Lipinski definition) is 1. The highest BCUT2D eigenvalue weighted by atomic mass is 35.5. The molecular formula is C25H21ClN6O5S. The van der Waals surface area contributed by atoms with Gasteiger partial charge in [0.2, 0.25) is 0 Å². The van der Waals surface area contributed by atoms with Crippen LogP contribution in [0.15, 0.2) is 71.9 Å². The van der Waals surface area contributed by atoms with Crippen molar-refractivity contribution in [2.24, 2.45) is 0 Å². The van der Waals surface area contributed by atoms with Crippen LogP contribution in [0.1, 0.15) is 40.3 Å². The summed E-state index contributed by atoms with van der Waals surface area (Å²) in [4.78, 5) is 34.1. The Morgan fingerprint density at radius 3 is 2.45 bits per heavy atom. The standard InChI is InChI=1S/C25H21ClN6O5S/c1-15-4-3-5-17(12-15)14-38-25-29-28-23(30(25)19-7-9-20(10-8-19)31(34)35)16(2)27-24(33)18-6-11-21(26)22(13-18)32(36)37/h3-13,16H,14H2,1-2H3,(H,27,33). The van der Waals surface area contributed by atoms with Crippen LogP contribution in [0, 0.1) is 27.2 Å². The van der Waals surface area contributed by atoms with Gasteiger partial charge in [0, 0.05) is 35.2 Å². The molecule has 0 radical (unpaired) electrons. The van der Waals surface area contributed by atoms with E-state index < -0.39 is 21.8 Å². The smallest absolute Gasteiger partial charge is 0.288 e. The summed E-state index contributed by atoms with van der Waals surface area (Å²) in [5, 5.41) is 34.2. The van der Waals surface area contributed by atoms with E-state index in [0.29, 0.717) is 22.4 Å². The first kappa shape index (κ1) is 26.8. The normalized spacial score (nSPS) is 11.7. The van der Waals surface area contributed by atoms with Gasteiger partial charge in [-0.3, -0.25) is 29.6 Å². The average Bonchev–Trinajstić information content (AvgIpc) is 3.31. The fourth-order valence-electron chi connectivity index (χ4n) is 3.71. The molecule has 13 heteroatoms. The van der Waals surface area contributed by atoms with Crippen molar-refractivity contribution in [3.63, 3.8) is 0 Å². The molecule has 1 unspecified atom stereocenters. The zero-order chi connectivity index (χ0) is 27.4. The third kappa shape index (κ3) is 5.98. The van der Waals surface area contributed by atoms with E-state index in [1.807, 2.05) is 25.1 Å². The number of aryl methyl sites for hydroxylation is 1. The fraction of sp³-hybridized carbons (Fsp3) is 0.160. The molecule has 4 rings (SSSR count). The van der Waals surface area contributed by atoms with Gasteiger partial charge in [0.15, 0.2) is 11.0 Å². The second-order valence-electron chi connectivity index (χ2n) is 8.35. The van der Waals surface area contributed by atoms with Crippen molar-refractivity contribution < 1.29 is 14.6 Å². The van der Waals surface area contributed by atoms with Crippen LogP contribution in [0.5, 0.6) is 0 Å². The van der Waals surface area contributed by atoms with Crippen molar-refractivity contribution in [1.29, 1.82) is 0 Å². The number of aromatic nitrogens is 3. The van der Waals surface area contributed by atoms with Crippen molar-refractivity contribution in [2.45, 2.75) is 30.8 Å². The van der Waals surface area contributed by atoms with E-state index in [0.717, 1.165) is 17.2 Å². The molecule has 38 heavy (non-hydrogen) atoms. The average molecular weight is 553 g/mol. The quantitative estimate of drug-likeness (QED) is 0.155. The number of amides is 1. The molecule has 0 spiro atoms. The largest absolute Gasteiger partial charge is 0.342 e. The molecule has 0 aliphatic heterocycles. The van der Waals surface area contributed by atoms with Crippen LogP contribution in [0.2, 0.25) is 5.02 Å². The maximum atomic E-state index is 12.9. The van der Waals surface area contributed by atoms with E-state index in [2.05, 4.69) is 21.6 Å². The van der Waals surface area contributed by atoms with Crippen molar-refractivity contribution in [1.82, 2.24) is 20.1 Å². The van der Waals surface area contributed by atoms with Crippen molar-refractivity contribution in [3.8, 4) is 5.69 Å². The Morgan fingerprint density at radius 1 is 1.05 bits per heavy atom. The summed E-state index contributed by atoms with van der Waals surface area (Å²) in [5.74, 6) is 0.411. The first-order valence-electron chi connectivity index (χ1n) is 11.3. The Bertz CT molecular complexity index is 1530. The molecule has 0 saturated heterocycles. The minimum absolute atomic E-state index is 0.0587. The molecule has 194 valence electrons. The molecule has 1 N–H and O–H groups in total. The lowest BCUT2D eigenvalue weighted by Gasteiger charge is -2.16. The van der Waals surface area contributed by atoms with Crippen molar-refractivity contribution in [2.75, 3.05) is 0 Å². The molecule has 0 aliphatic carbocycles. The molecule has 0 saturated carbocycles. The van der Waals surface area contributed by atoms with Gasteiger partial charge in [0.05, 0.1) is 15.9 Å². The van der Waals surface area contributed by atoms with Gasteiger partial charge in [-0.25, -0.2) is 0 Å². The maximum Gasteiger partial charge on any atom is 0.288 e. The van der Waals surface area contributed by atoms with Crippen LogP contribution in [-0.2, 0) is 5.75 Å². The summed E-state index contributed by atoms with van der Waals surface area (Å²) in [5.41, 5.74) is 2.40. The Hall–Kier alpha value is -4.29. The zero-order valence-corrected chi connectivity index (χ0v) is 21.8. The summed E-state index contributed by atoms with van der Waals surface area (Å²) in [6, 6.07) is 17.1. The number of rotatable bonds is 9. The zero-order valence-electron chi connectivity index (χ0n) is 20.2. The number of benzene rings is 3. The number of nitro groups is 2. The molecule has 0 fully saturated rings. The summed E-state index contributed by atoms with van der Waals surface area (Å²) < 4.78 is 1.72. The van der Waals surface area contributed by atoms with Gasteiger partial charge in [-0.2, -0.15) is 0 Å². The Balaban J connectivity index is 1.65. The highest BCUT2D eigenvalue weighted by Gasteiger charge is 2.23. The number of nitrogens with zero attached hydrogens (tertiary/aromatic N) is 5. The van der Waals surface area contributed by atoms with Crippen molar-refractivity contribution >= 4 is 40.6 Å². The molecule has 0 bridgehead atoms. The summed E-state index contributed by atoms with van der Waals surface area (Å²) >= 11 is 7.29. The Morgan fingerprint density at radius 2 is 1.79 bits per heavy atom. The Labute approximate surface area is 226 Å². The first-order chi connectivity index (χ1) is 18.1. The number of halogens is 1. The van der Waals surface area contributed by atoms with Crippen molar-refractivity contribution in [3.05, 3.63) is 114 Å². The maximum absolute atomic E-state index is 12.9. The van der Waals surface area contributed by atoms with Gasteiger partial charge in [-0.1, -0.05) is 53.2 Å². The minimum atomic E-state index is -0.673. The number of nitrogens with one attached hydrogen (secondary N) is 1. The first-order valence-corrected chi connectivity index (χ1v) is 12.6. The van der Waals surface area contributed by atoms with Crippen LogP contribution in [0.25, 0.3) is 5.69 Å². The van der Waals surface area contributed by atoms with E-state index in [9.17, 15) is 25.0 Å². The van der Waals surface area contributed by atoms with Crippen LogP contribution in [0.3, 0.4) is 0 Å². The number of nitro benzene ring substituents is 2. The van der Waals surface area contributed by atoms with E-state index in [4.69, 9.17) is 11.6 Å². The van der Waals surface area contributed by atoms with Crippen LogP contribution < -0.4 is 5.32 Å².